The summed E-state index contributed by atoms with van der Waals surface area (Å²) < 4.78 is 10.6. The number of methoxy groups -OCH3 is 2. The average Bonchev–Trinajstić information content (AvgIpc) is 2.66. The van der Waals surface area contributed by atoms with Crippen LogP contribution in [-0.4, -0.2) is 37.3 Å². The lowest BCUT2D eigenvalue weighted by Crippen LogP contribution is -2.31. The Morgan fingerprint density at radius 3 is 2.48 bits per heavy atom. The van der Waals surface area contributed by atoms with Gasteiger partial charge in [0.15, 0.2) is 11.5 Å². The van der Waals surface area contributed by atoms with Crippen LogP contribution in [0.15, 0.2) is 24.3 Å². The fraction of sp³-hybridized carbons (Fsp3) is 0.474. The van der Waals surface area contributed by atoms with Gasteiger partial charge in [0.1, 0.15) is 5.82 Å². The van der Waals surface area contributed by atoms with E-state index < -0.39 is 0 Å². The molecule has 0 radical (unpaired) electrons. The molecule has 0 unspecified atom stereocenters. The molecule has 1 aliphatic rings. The largest absolute Gasteiger partial charge is 0.493 e. The third-order valence-corrected chi connectivity index (χ3v) is 4.40. The van der Waals surface area contributed by atoms with Gasteiger partial charge in [0, 0.05) is 31.4 Å². The van der Waals surface area contributed by atoms with Gasteiger partial charge in [0.05, 0.1) is 14.2 Å². The summed E-state index contributed by atoms with van der Waals surface area (Å²) in [6, 6.07) is 7.90. The monoisotopic (exact) mass is 342 g/mol. The van der Waals surface area contributed by atoms with E-state index in [1.54, 1.807) is 14.2 Å². The van der Waals surface area contributed by atoms with E-state index in [0.717, 1.165) is 47.6 Å². The first-order chi connectivity index (χ1) is 12.2. The third-order valence-electron chi connectivity index (χ3n) is 4.40. The standard InChI is InChI=1S/C19H26N4O2/c1-14-11-18(22-19(21-14)23-9-5-4-6-10-23)20-13-15-7-8-16(24-2)17(12-15)25-3/h7-8,11-12H,4-6,9-10,13H2,1-3H3,(H,20,21,22). The Hall–Kier alpha value is -2.50. The van der Waals surface area contributed by atoms with Crippen LogP contribution in [0.5, 0.6) is 11.5 Å². The summed E-state index contributed by atoms with van der Waals surface area (Å²) >= 11 is 0. The normalized spacial score (nSPS) is 14.3. The molecule has 2 heterocycles. The van der Waals surface area contributed by atoms with Crippen LogP contribution in [0.25, 0.3) is 0 Å². The molecular weight excluding hydrogens is 316 g/mol. The fourth-order valence-corrected chi connectivity index (χ4v) is 3.06. The molecular formula is C19H26N4O2. The second-order valence-electron chi connectivity index (χ2n) is 6.29. The summed E-state index contributed by atoms with van der Waals surface area (Å²) in [6.45, 7) is 4.75. The first kappa shape index (κ1) is 17.3. The summed E-state index contributed by atoms with van der Waals surface area (Å²) in [5.74, 6) is 3.14. The minimum atomic E-state index is 0.663. The Bertz CT molecular complexity index is 715. The summed E-state index contributed by atoms with van der Waals surface area (Å²) in [4.78, 5) is 11.6. The van der Waals surface area contributed by atoms with Gasteiger partial charge in [0.2, 0.25) is 5.95 Å². The van der Waals surface area contributed by atoms with Crippen molar-refractivity contribution in [1.82, 2.24) is 9.97 Å². The number of aryl methyl sites for hydroxylation is 1. The highest BCUT2D eigenvalue weighted by Gasteiger charge is 2.14. The first-order valence-corrected chi connectivity index (χ1v) is 8.75. The van der Waals surface area contributed by atoms with Crippen molar-refractivity contribution in [3.63, 3.8) is 0 Å². The highest BCUT2D eigenvalue weighted by atomic mass is 16.5. The molecule has 134 valence electrons. The van der Waals surface area contributed by atoms with Crippen LogP contribution in [0.2, 0.25) is 0 Å². The zero-order valence-electron chi connectivity index (χ0n) is 15.2. The van der Waals surface area contributed by atoms with E-state index in [1.807, 2.05) is 31.2 Å². The molecule has 25 heavy (non-hydrogen) atoms. The number of hydrogen-bond donors (Lipinski definition) is 1. The molecule has 6 nitrogen and oxygen atoms in total. The number of benzene rings is 1. The van der Waals surface area contributed by atoms with Gasteiger partial charge in [-0.3, -0.25) is 0 Å². The summed E-state index contributed by atoms with van der Waals surface area (Å²) in [5.41, 5.74) is 2.08. The predicted octanol–water partition coefficient (Wildman–Crippen LogP) is 3.40. The van der Waals surface area contributed by atoms with Crippen LogP contribution in [-0.2, 0) is 6.54 Å². The zero-order valence-corrected chi connectivity index (χ0v) is 15.2. The minimum Gasteiger partial charge on any atom is -0.493 e. The second kappa shape index (κ2) is 8.05. The second-order valence-corrected chi connectivity index (χ2v) is 6.29. The van der Waals surface area contributed by atoms with E-state index in [2.05, 4.69) is 15.2 Å². The molecule has 0 saturated carbocycles. The van der Waals surface area contributed by atoms with Gasteiger partial charge < -0.3 is 19.7 Å². The molecule has 1 aromatic heterocycles. The van der Waals surface area contributed by atoms with Crippen LogP contribution < -0.4 is 19.7 Å². The van der Waals surface area contributed by atoms with Gasteiger partial charge in [-0.1, -0.05) is 6.07 Å². The SMILES string of the molecule is COc1ccc(CNc2cc(C)nc(N3CCCCC3)n2)cc1OC. The van der Waals surface area contributed by atoms with Crippen LogP contribution in [0, 0.1) is 6.92 Å². The van der Waals surface area contributed by atoms with Gasteiger partial charge in [-0.25, -0.2) is 4.98 Å². The molecule has 0 atom stereocenters. The van der Waals surface area contributed by atoms with Crippen molar-refractivity contribution in [3.8, 4) is 11.5 Å². The van der Waals surface area contributed by atoms with Crippen molar-refractivity contribution < 1.29 is 9.47 Å². The van der Waals surface area contributed by atoms with Gasteiger partial charge in [-0.05, 0) is 43.9 Å². The maximum absolute atomic E-state index is 5.36. The lowest BCUT2D eigenvalue weighted by Gasteiger charge is -2.27. The summed E-state index contributed by atoms with van der Waals surface area (Å²) in [5, 5.41) is 3.40. The Labute approximate surface area is 149 Å². The van der Waals surface area contributed by atoms with Gasteiger partial charge in [-0.2, -0.15) is 4.98 Å². The molecule has 1 N–H and O–H groups in total. The van der Waals surface area contributed by atoms with Crippen molar-refractivity contribution in [2.75, 3.05) is 37.5 Å². The molecule has 0 bridgehead atoms. The Kier molecular flexibility index (Phi) is 5.58. The van der Waals surface area contributed by atoms with Crippen molar-refractivity contribution in [3.05, 3.63) is 35.5 Å². The maximum atomic E-state index is 5.36. The van der Waals surface area contributed by atoms with Crippen molar-refractivity contribution in [2.24, 2.45) is 0 Å². The number of piperidine rings is 1. The summed E-state index contributed by atoms with van der Waals surface area (Å²) in [7, 11) is 3.29. The van der Waals surface area contributed by atoms with Crippen molar-refractivity contribution in [2.45, 2.75) is 32.7 Å². The highest BCUT2D eigenvalue weighted by molar-refractivity contribution is 5.46. The van der Waals surface area contributed by atoms with E-state index in [9.17, 15) is 0 Å². The van der Waals surface area contributed by atoms with Crippen LogP contribution >= 0.6 is 0 Å². The van der Waals surface area contributed by atoms with E-state index >= 15 is 0 Å². The van der Waals surface area contributed by atoms with Crippen molar-refractivity contribution >= 4 is 11.8 Å². The van der Waals surface area contributed by atoms with E-state index in [4.69, 9.17) is 14.5 Å². The molecule has 6 heteroatoms. The smallest absolute Gasteiger partial charge is 0.227 e. The van der Waals surface area contributed by atoms with Gasteiger partial charge >= 0.3 is 0 Å². The predicted molar refractivity (Wildman–Crippen MR) is 99.7 cm³/mol. The first-order valence-electron chi connectivity index (χ1n) is 8.75. The Balaban J connectivity index is 1.71. The van der Waals surface area contributed by atoms with E-state index in [-0.39, 0.29) is 0 Å². The molecule has 1 aromatic carbocycles. The van der Waals surface area contributed by atoms with Crippen molar-refractivity contribution in [1.29, 1.82) is 0 Å². The number of ether oxygens (including phenoxy) is 2. The number of hydrogen-bond acceptors (Lipinski definition) is 6. The Morgan fingerprint density at radius 1 is 1.00 bits per heavy atom. The molecule has 1 saturated heterocycles. The lowest BCUT2D eigenvalue weighted by molar-refractivity contribution is 0.354. The number of nitrogens with zero attached hydrogens (tertiary/aromatic N) is 3. The van der Waals surface area contributed by atoms with Crippen LogP contribution in [0.1, 0.15) is 30.5 Å². The topological polar surface area (TPSA) is 59.5 Å². The van der Waals surface area contributed by atoms with E-state index in [0.29, 0.717) is 6.54 Å². The van der Waals surface area contributed by atoms with E-state index in [1.165, 1.54) is 19.3 Å². The lowest BCUT2D eigenvalue weighted by atomic mass is 10.1. The van der Waals surface area contributed by atoms with Gasteiger partial charge in [-0.15, -0.1) is 0 Å². The molecule has 0 spiro atoms. The number of rotatable bonds is 6. The average molecular weight is 342 g/mol. The molecule has 1 aliphatic heterocycles. The molecule has 0 amide bonds. The number of nitrogens with one attached hydrogen (secondary N) is 1. The summed E-state index contributed by atoms with van der Waals surface area (Å²) in [6.07, 6.45) is 3.73. The molecule has 3 rings (SSSR count). The quantitative estimate of drug-likeness (QED) is 0.868. The number of anilines is 2. The maximum Gasteiger partial charge on any atom is 0.227 e. The number of aromatic nitrogens is 2. The fourth-order valence-electron chi connectivity index (χ4n) is 3.06. The molecule has 0 aliphatic carbocycles. The van der Waals surface area contributed by atoms with Crippen LogP contribution in [0.4, 0.5) is 11.8 Å². The zero-order chi connectivity index (χ0) is 17.6. The van der Waals surface area contributed by atoms with Crippen LogP contribution in [0.3, 0.4) is 0 Å². The minimum absolute atomic E-state index is 0.663. The highest BCUT2D eigenvalue weighted by Crippen LogP contribution is 2.28. The molecule has 2 aromatic rings. The Morgan fingerprint density at radius 2 is 1.76 bits per heavy atom. The van der Waals surface area contributed by atoms with Gasteiger partial charge in [0.25, 0.3) is 0 Å². The molecule has 1 fully saturated rings. The third kappa shape index (κ3) is 4.32.